The van der Waals surface area contributed by atoms with Gasteiger partial charge in [-0.05, 0) is 0 Å². The van der Waals surface area contributed by atoms with Crippen molar-refractivity contribution in [2.24, 2.45) is 0 Å². The van der Waals surface area contributed by atoms with Crippen molar-refractivity contribution in [2.45, 2.75) is 0 Å². The van der Waals surface area contributed by atoms with Crippen LogP contribution in [0.1, 0.15) is 0 Å². The number of fused-ring (bicyclic) bond motifs is 6. The average Bonchev–Trinajstić information content (AvgIpc) is 2.47. The molecule has 0 spiro atoms. The number of hydrogen-bond donors (Lipinski definition) is 5. The van der Waals surface area contributed by atoms with E-state index < -0.39 is 0 Å². The van der Waals surface area contributed by atoms with Gasteiger partial charge in [0.25, 0.3) is 0 Å². The van der Waals surface area contributed by atoms with Crippen LogP contribution in [0.3, 0.4) is 0 Å². The maximum Gasteiger partial charge on any atom is 0.0880 e. The highest BCUT2D eigenvalue weighted by molar-refractivity contribution is 6.09. The maximum atomic E-state index is 3.56. The van der Waals surface area contributed by atoms with E-state index in [9.17, 15) is 0 Å². The molecule has 0 bridgehead atoms. The lowest BCUT2D eigenvalue weighted by Gasteiger charge is -2.38. The zero-order chi connectivity index (χ0) is 12.8. The molecule has 0 radical (unpaired) electrons. The van der Waals surface area contributed by atoms with E-state index in [1.54, 1.807) is 0 Å². The maximum absolute atomic E-state index is 3.56. The molecule has 0 saturated carbocycles. The van der Waals surface area contributed by atoms with Crippen LogP contribution in [0.5, 0.6) is 0 Å². The van der Waals surface area contributed by atoms with E-state index in [2.05, 4.69) is 38.5 Å². The van der Waals surface area contributed by atoms with Crippen LogP contribution in [0.2, 0.25) is 0 Å². The molecule has 0 fully saturated rings. The fourth-order valence-corrected chi connectivity index (χ4v) is 3.20. The Morgan fingerprint density at radius 1 is 0.632 bits per heavy atom. The second-order valence-corrected chi connectivity index (χ2v) is 5.28. The quantitative estimate of drug-likeness (QED) is 0.483. The summed E-state index contributed by atoms with van der Waals surface area (Å²) in [5.41, 5.74) is 7.36. The fraction of sp³-hybridized carbons (Fsp3) is 0.538. The minimum absolute atomic E-state index is 0.968. The van der Waals surface area contributed by atoms with Crippen LogP contribution in [0, 0.1) is 0 Å². The summed E-state index contributed by atoms with van der Waals surface area (Å²) < 4.78 is 0. The summed E-state index contributed by atoms with van der Waals surface area (Å²) in [5, 5.41) is 17.7. The molecule has 0 amide bonds. The van der Waals surface area contributed by atoms with Crippen LogP contribution in [0.4, 0.5) is 34.1 Å². The van der Waals surface area contributed by atoms with Gasteiger partial charge in [-0.25, -0.2) is 0 Å². The molecule has 5 N–H and O–H groups in total. The number of hydrogen-bond acceptors (Lipinski definition) is 6. The molecule has 3 aliphatic rings. The molecule has 6 nitrogen and oxygen atoms in total. The lowest BCUT2D eigenvalue weighted by molar-refractivity contribution is 0.881. The van der Waals surface area contributed by atoms with Crippen molar-refractivity contribution >= 4 is 34.1 Å². The second kappa shape index (κ2) is 4.01. The normalized spacial score (nSPS) is 19.5. The van der Waals surface area contributed by atoms with Crippen LogP contribution in [0.15, 0.2) is 0 Å². The van der Waals surface area contributed by atoms with Crippen molar-refractivity contribution in [1.29, 1.82) is 0 Å². The van der Waals surface area contributed by atoms with Gasteiger partial charge in [-0.3, -0.25) is 0 Å². The highest BCUT2D eigenvalue weighted by Crippen LogP contribution is 2.53. The molecule has 102 valence electrons. The average molecular weight is 260 g/mol. The predicted octanol–water partition coefficient (Wildman–Crippen LogP) is 1.22. The second-order valence-electron chi connectivity index (χ2n) is 5.28. The third-order valence-electron chi connectivity index (χ3n) is 4.06. The fourth-order valence-electron chi connectivity index (χ4n) is 3.20. The van der Waals surface area contributed by atoms with Crippen LogP contribution in [-0.2, 0) is 0 Å². The lowest BCUT2D eigenvalue weighted by Crippen LogP contribution is -2.35. The van der Waals surface area contributed by atoms with E-state index in [1.165, 1.54) is 34.1 Å². The Hall–Kier alpha value is -1.98. The Balaban J connectivity index is 2.00. The largest absolute Gasteiger partial charge is 0.380 e. The predicted molar refractivity (Wildman–Crippen MR) is 82.2 cm³/mol. The molecule has 0 aromatic heterocycles. The molecule has 1 aromatic rings. The number of likely N-dealkylation sites (N-methyl/N-ethyl adjacent to an activating group) is 1. The van der Waals surface area contributed by atoms with E-state index in [0.717, 1.165) is 39.3 Å². The van der Waals surface area contributed by atoms with E-state index in [-0.39, 0.29) is 0 Å². The minimum atomic E-state index is 0.968. The Bertz CT molecular complexity index is 495. The molecule has 0 unspecified atom stereocenters. The monoisotopic (exact) mass is 260 g/mol. The summed E-state index contributed by atoms with van der Waals surface area (Å²) in [6.45, 7) is 5.90. The third kappa shape index (κ3) is 1.49. The zero-order valence-corrected chi connectivity index (χ0v) is 11.2. The Kier molecular flexibility index (Phi) is 2.30. The van der Waals surface area contributed by atoms with Crippen molar-refractivity contribution in [1.82, 2.24) is 0 Å². The molecular weight excluding hydrogens is 240 g/mol. The number of nitrogens with one attached hydrogen (secondary N) is 5. The first kappa shape index (κ1) is 10.9. The van der Waals surface area contributed by atoms with Gasteiger partial charge in [0.15, 0.2) is 0 Å². The van der Waals surface area contributed by atoms with Gasteiger partial charge in [0, 0.05) is 46.3 Å². The van der Waals surface area contributed by atoms with Crippen molar-refractivity contribution in [3.8, 4) is 0 Å². The summed E-state index contributed by atoms with van der Waals surface area (Å²) in [7, 11) is 2.17. The molecule has 0 aliphatic carbocycles. The Morgan fingerprint density at radius 3 is 1.63 bits per heavy atom. The Morgan fingerprint density at radius 2 is 1.05 bits per heavy atom. The SMILES string of the molecule is CN1CCNc2c3c(c4c(c21)NCCN4)NCCN3. The molecule has 4 rings (SSSR count). The molecule has 19 heavy (non-hydrogen) atoms. The first-order chi connectivity index (χ1) is 9.36. The molecule has 1 aromatic carbocycles. The van der Waals surface area contributed by atoms with Gasteiger partial charge in [0.1, 0.15) is 0 Å². The van der Waals surface area contributed by atoms with Gasteiger partial charge in [-0.1, -0.05) is 0 Å². The standard InChI is InChI=1S/C13H20N6/c1-19-7-6-18-12-10-8(14-2-3-15-10)9-11(13(12)19)17-5-4-16-9/h14-18H,2-7H2,1H3. The summed E-state index contributed by atoms with van der Waals surface area (Å²) in [5.74, 6) is 0. The van der Waals surface area contributed by atoms with Gasteiger partial charge in [0.2, 0.25) is 0 Å². The van der Waals surface area contributed by atoms with Crippen LogP contribution in [-0.4, -0.2) is 46.3 Å². The van der Waals surface area contributed by atoms with Crippen molar-refractivity contribution in [3.63, 3.8) is 0 Å². The minimum Gasteiger partial charge on any atom is -0.380 e. The van der Waals surface area contributed by atoms with E-state index in [4.69, 9.17) is 0 Å². The van der Waals surface area contributed by atoms with Gasteiger partial charge in [-0.2, -0.15) is 0 Å². The highest BCUT2D eigenvalue weighted by Gasteiger charge is 2.30. The lowest BCUT2D eigenvalue weighted by atomic mass is 10.0. The van der Waals surface area contributed by atoms with E-state index in [1.807, 2.05) is 0 Å². The summed E-state index contributed by atoms with van der Waals surface area (Å²) in [4.78, 5) is 2.33. The first-order valence-corrected chi connectivity index (χ1v) is 7.00. The van der Waals surface area contributed by atoms with Gasteiger partial charge in [0.05, 0.1) is 34.1 Å². The number of benzene rings is 1. The number of rotatable bonds is 0. The molecular formula is C13H20N6. The van der Waals surface area contributed by atoms with Gasteiger partial charge >= 0.3 is 0 Å². The number of anilines is 6. The van der Waals surface area contributed by atoms with E-state index >= 15 is 0 Å². The topological polar surface area (TPSA) is 63.4 Å². The smallest absolute Gasteiger partial charge is 0.0880 e. The van der Waals surface area contributed by atoms with Gasteiger partial charge < -0.3 is 31.5 Å². The third-order valence-corrected chi connectivity index (χ3v) is 4.06. The molecule has 3 aliphatic heterocycles. The van der Waals surface area contributed by atoms with Gasteiger partial charge in [-0.15, -0.1) is 0 Å². The first-order valence-electron chi connectivity index (χ1n) is 7.00. The van der Waals surface area contributed by atoms with Crippen molar-refractivity contribution in [3.05, 3.63) is 0 Å². The Labute approximate surface area is 112 Å². The van der Waals surface area contributed by atoms with Crippen molar-refractivity contribution < 1.29 is 0 Å². The molecule has 6 heteroatoms. The highest BCUT2D eigenvalue weighted by atomic mass is 15.2. The van der Waals surface area contributed by atoms with Crippen LogP contribution < -0.4 is 31.5 Å². The van der Waals surface area contributed by atoms with Crippen LogP contribution >= 0.6 is 0 Å². The summed E-state index contributed by atoms with van der Waals surface area (Å²) in [6, 6.07) is 0. The zero-order valence-electron chi connectivity index (χ0n) is 11.2. The van der Waals surface area contributed by atoms with Crippen LogP contribution in [0.25, 0.3) is 0 Å². The summed E-state index contributed by atoms with van der Waals surface area (Å²) >= 11 is 0. The molecule has 0 saturated heterocycles. The molecule has 3 heterocycles. The summed E-state index contributed by atoms with van der Waals surface area (Å²) in [6.07, 6.45) is 0. The van der Waals surface area contributed by atoms with E-state index in [0.29, 0.717) is 0 Å². The van der Waals surface area contributed by atoms with Crippen molar-refractivity contribution in [2.75, 3.05) is 77.8 Å². The number of nitrogens with zero attached hydrogens (tertiary/aromatic N) is 1. The molecule has 0 atom stereocenters.